The zero-order valence-corrected chi connectivity index (χ0v) is 16.1. The summed E-state index contributed by atoms with van der Waals surface area (Å²) in [7, 11) is -1.55. The number of amides is 1. The highest BCUT2D eigenvalue weighted by molar-refractivity contribution is 7.88. The summed E-state index contributed by atoms with van der Waals surface area (Å²) in [5.41, 5.74) is 0. The molecule has 1 aliphatic heterocycles. The van der Waals surface area contributed by atoms with Crippen LogP contribution in [0.25, 0.3) is 0 Å². The van der Waals surface area contributed by atoms with Crippen LogP contribution in [0.15, 0.2) is 16.5 Å². The Hall–Kier alpha value is -1.34. The van der Waals surface area contributed by atoms with E-state index in [4.69, 9.17) is 4.42 Å². The first-order valence-corrected chi connectivity index (χ1v) is 10.9. The number of piperidine rings is 1. The minimum atomic E-state index is -3.17. The van der Waals surface area contributed by atoms with Crippen molar-refractivity contribution in [2.75, 3.05) is 26.4 Å². The van der Waals surface area contributed by atoms with E-state index >= 15 is 0 Å². The number of sulfonamides is 1. The molecule has 1 aromatic rings. The average Bonchev–Trinajstić information content (AvgIpc) is 3.12. The molecular formula is C18H28N2O4S. The third-order valence-electron chi connectivity index (χ3n) is 5.60. The van der Waals surface area contributed by atoms with Crippen LogP contribution in [-0.2, 0) is 21.2 Å². The number of nitrogens with zero attached hydrogens (tertiary/aromatic N) is 2. The number of carbonyl (C=O) groups is 1. The van der Waals surface area contributed by atoms with Crippen molar-refractivity contribution in [1.82, 2.24) is 9.21 Å². The Morgan fingerprint density at radius 2 is 1.96 bits per heavy atom. The molecule has 25 heavy (non-hydrogen) atoms. The minimum absolute atomic E-state index is 0.00721. The van der Waals surface area contributed by atoms with Gasteiger partial charge in [0.1, 0.15) is 11.5 Å². The van der Waals surface area contributed by atoms with Crippen molar-refractivity contribution < 1.29 is 17.6 Å². The molecule has 2 heterocycles. The van der Waals surface area contributed by atoms with Gasteiger partial charge in [-0.2, -0.15) is 0 Å². The molecule has 2 fully saturated rings. The van der Waals surface area contributed by atoms with Crippen molar-refractivity contribution in [3.63, 3.8) is 0 Å². The molecule has 1 aromatic heterocycles. The fourth-order valence-corrected chi connectivity index (χ4v) is 4.34. The number of aryl methyl sites for hydroxylation is 1. The normalized spacial score (nSPS) is 24.7. The first-order chi connectivity index (χ1) is 11.8. The van der Waals surface area contributed by atoms with Gasteiger partial charge in [0.05, 0.1) is 6.26 Å². The zero-order chi connectivity index (χ0) is 18.2. The maximum atomic E-state index is 12.4. The van der Waals surface area contributed by atoms with E-state index in [1.165, 1.54) is 17.0 Å². The molecule has 2 atom stereocenters. The third-order valence-corrected chi connectivity index (χ3v) is 6.94. The quantitative estimate of drug-likeness (QED) is 0.772. The lowest BCUT2D eigenvalue weighted by Crippen LogP contribution is -2.47. The number of carbonyl (C=O) groups excluding carboxylic acids is 1. The smallest absolute Gasteiger partial charge is 0.223 e. The molecule has 0 bridgehead atoms. The molecule has 1 saturated carbocycles. The number of furan rings is 1. The van der Waals surface area contributed by atoms with Crippen LogP contribution in [0.2, 0.25) is 0 Å². The highest BCUT2D eigenvalue weighted by atomic mass is 32.2. The molecule has 3 rings (SSSR count). The fourth-order valence-electron chi connectivity index (χ4n) is 3.58. The molecule has 7 heteroatoms. The lowest BCUT2D eigenvalue weighted by atomic mass is 10.0. The Labute approximate surface area is 150 Å². The second-order valence-electron chi connectivity index (χ2n) is 7.51. The summed E-state index contributed by atoms with van der Waals surface area (Å²) in [5, 5.41) is 0. The van der Waals surface area contributed by atoms with Gasteiger partial charge >= 0.3 is 0 Å². The predicted octanol–water partition coefficient (Wildman–Crippen LogP) is 2.22. The summed E-state index contributed by atoms with van der Waals surface area (Å²) in [6, 6.07) is 4.02. The summed E-state index contributed by atoms with van der Waals surface area (Å²) in [5.74, 6) is 3.34. The maximum absolute atomic E-state index is 12.4. The van der Waals surface area contributed by atoms with Gasteiger partial charge in [-0.05, 0) is 37.3 Å². The second kappa shape index (κ2) is 7.11. The molecule has 1 saturated heterocycles. The molecule has 1 aliphatic carbocycles. The molecule has 2 aliphatic rings. The Kier molecular flexibility index (Phi) is 5.25. The molecule has 0 N–H and O–H groups in total. The molecule has 6 nitrogen and oxygen atoms in total. The van der Waals surface area contributed by atoms with E-state index in [0.717, 1.165) is 11.5 Å². The highest BCUT2D eigenvalue weighted by Gasteiger charge is 2.36. The van der Waals surface area contributed by atoms with E-state index in [1.54, 1.807) is 7.05 Å². The van der Waals surface area contributed by atoms with Crippen LogP contribution < -0.4 is 0 Å². The van der Waals surface area contributed by atoms with Crippen molar-refractivity contribution >= 4 is 15.9 Å². The van der Waals surface area contributed by atoms with E-state index < -0.39 is 10.0 Å². The van der Waals surface area contributed by atoms with E-state index in [9.17, 15) is 13.2 Å². The van der Waals surface area contributed by atoms with Crippen molar-refractivity contribution in [1.29, 1.82) is 0 Å². The van der Waals surface area contributed by atoms with Gasteiger partial charge in [0.25, 0.3) is 0 Å². The SMILES string of the molecule is CC1CC1c1ccc(CCC(=O)N2CCC(N(C)S(C)(=O)=O)CC2)o1. The number of hydrogen-bond acceptors (Lipinski definition) is 4. The maximum Gasteiger partial charge on any atom is 0.223 e. The van der Waals surface area contributed by atoms with Gasteiger partial charge in [-0.3, -0.25) is 4.79 Å². The molecule has 140 valence electrons. The van der Waals surface area contributed by atoms with Crippen LogP contribution in [-0.4, -0.2) is 56.0 Å². The van der Waals surface area contributed by atoms with Gasteiger partial charge in [0.2, 0.25) is 15.9 Å². The van der Waals surface area contributed by atoms with Gasteiger partial charge in [0, 0.05) is 44.9 Å². The lowest BCUT2D eigenvalue weighted by molar-refractivity contribution is -0.132. The molecular weight excluding hydrogens is 340 g/mol. The first kappa shape index (κ1) is 18.5. The summed E-state index contributed by atoms with van der Waals surface area (Å²) < 4.78 is 30.5. The van der Waals surface area contributed by atoms with Gasteiger partial charge < -0.3 is 9.32 Å². The van der Waals surface area contributed by atoms with Crippen LogP contribution in [0.3, 0.4) is 0 Å². The number of rotatable bonds is 6. The Bertz CT molecular complexity index is 719. The molecule has 0 aromatic carbocycles. The van der Waals surface area contributed by atoms with Crippen molar-refractivity contribution in [3.8, 4) is 0 Å². The third kappa shape index (κ3) is 4.44. The molecule has 2 unspecified atom stereocenters. The monoisotopic (exact) mass is 368 g/mol. The first-order valence-electron chi connectivity index (χ1n) is 9.05. The highest BCUT2D eigenvalue weighted by Crippen LogP contribution is 2.47. The zero-order valence-electron chi connectivity index (χ0n) is 15.3. The molecule has 0 radical (unpaired) electrons. The van der Waals surface area contributed by atoms with Crippen molar-refractivity contribution in [3.05, 3.63) is 23.7 Å². The van der Waals surface area contributed by atoms with Crippen LogP contribution in [0, 0.1) is 5.92 Å². The Morgan fingerprint density at radius 1 is 1.32 bits per heavy atom. The summed E-state index contributed by atoms with van der Waals surface area (Å²) >= 11 is 0. The average molecular weight is 368 g/mol. The van der Waals surface area contributed by atoms with Crippen molar-refractivity contribution in [2.24, 2.45) is 5.92 Å². The summed E-state index contributed by atoms with van der Waals surface area (Å²) in [6.07, 6.45) is 4.88. The fraction of sp³-hybridized carbons (Fsp3) is 0.722. The van der Waals surface area contributed by atoms with Crippen LogP contribution in [0.1, 0.15) is 50.0 Å². The Balaban J connectivity index is 1.44. The topological polar surface area (TPSA) is 70.8 Å². The van der Waals surface area contributed by atoms with Gasteiger partial charge in [-0.1, -0.05) is 6.92 Å². The van der Waals surface area contributed by atoms with Crippen LogP contribution in [0.4, 0.5) is 0 Å². The number of hydrogen-bond donors (Lipinski definition) is 0. The standard InChI is InChI=1S/C18H28N2O4S/c1-13-12-16(13)17-6-4-15(24-17)5-7-18(21)20-10-8-14(9-11-20)19(2)25(3,22)23/h4,6,13-14,16H,5,7-12H2,1-3H3. The van der Waals surface area contributed by atoms with Gasteiger partial charge in [0.15, 0.2) is 0 Å². The summed E-state index contributed by atoms with van der Waals surface area (Å²) in [6.45, 7) is 3.46. The second-order valence-corrected chi connectivity index (χ2v) is 9.56. The summed E-state index contributed by atoms with van der Waals surface area (Å²) in [4.78, 5) is 14.2. The van der Waals surface area contributed by atoms with Gasteiger partial charge in [-0.25, -0.2) is 12.7 Å². The molecule has 1 amide bonds. The van der Waals surface area contributed by atoms with E-state index in [-0.39, 0.29) is 11.9 Å². The number of likely N-dealkylation sites (tertiary alicyclic amines) is 1. The van der Waals surface area contributed by atoms with Crippen LogP contribution in [0.5, 0.6) is 0 Å². The largest absolute Gasteiger partial charge is 0.466 e. The predicted molar refractivity (Wildman–Crippen MR) is 95.8 cm³/mol. The van der Waals surface area contributed by atoms with Gasteiger partial charge in [-0.15, -0.1) is 0 Å². The molecule has 0 spiro atoms. The van der Waals surface area contributed by atoms with E-state index in [1.807, 2.05) is 17.0 Å². The lowest BCUT2D eigenvalue weighted by Gasteiger charge is -2.35. The van der Waals surface area contributed by atoms with E-state index in [0.29, 0.717) is 50.6 Å². The minimum Gasteiger partial charge on any atom is -0.466 e. The Morgan fingerprint density at radius 3 is 2.52 bits per heavy atom. The van der Waals surface area contributed by atoms with E-state index in [2.05, 4.69) is 6.92 Å². The van der Waals surface area contributed by atoms with Crippen LogP contribution >= 0.6 is 0 Å². The van der Waals surface area contributed by atoms with Crippen molar-refractivity contribution in [2.45, 2.75) is 51.0 Å².